The van der Waals surface area contributed by atoms with Gasteiger partial charge in [-0.05, 0) is 49.9 Å². The third-order valence-corrected chi connectivity index (χ3v) is 4.54. The molecule has 0 radical (unpaired) electrons. The van der Waals surface area contributed by atoms with Crippen molar-refractivity contribution in [2.45, 2.75) is 37.7 Å². The van der Waals surface area contributed by atoms with E-state index in [9.17, 15) is 9.90 Å². The molecule has 0 aromatic heterocycles. The van der Waals surface area contributed by atoms with Crippen molar-refractivity contribution >= 4 is 5.97 Å². The van der Waals surface area contributed by atoms with E-state index < -0.39 is 17.5 Å². The Hall–Kier alpha value is -0.570. The van der Waals surface area contributed by atoms with Crippen molar-refractivity contribution in [3.05, 3.63) is 0 Å². The maximum atomic E-state index is 11.1. The first-order valence-electron chi connectivity index (χ1n) is 5.54. The Labute approximate surface area is 83.1 Å². The van der Waals surface area contributed by atoms with Gasteiger partial charge in [-0.3, -0.25) is 4.79 Å². The minimum atomic E-state index is -0.861. The first-order chi connectivity index (χ1) is 6.58. The summed E-state index contributed by atoms with van der Waals surface area (Å²) >= 11 is 0. The fourth-order valence-electron chi connectivity index (χ4n) is 4.43. The highest BCUT2D eigenvalue weighted by molar-refractivity contribution is 5.72. The first kappa shape index (κ1) is 8.72. The molecule has 0 spiro atoms. The standard InChI is InChI=1S/C11H16O3/c12-10(13)9-8-2-6-1-7(3-8)5-11(9,14)4-6/h6-9,14H,1-5H2,(H,12,13). The lowest BCUT2D eigenvalue weighted by Crippen LogP contribution is -2.59. The molecule has 3 atom stereocenters. The molecule has 3 heteroatoms. The molecule has 0 aromatic carbocycles. The van der Waals surface area contributed by atoms with Crippen molar-refractivity contribution in [2.75, 3.05) is 0 Å². The number of rotatable bonds is 1. The Morgan fingerprint density at radius 3 is 2.14 bits per heavy atom. The molecule has 14 heavy (non-hydrogen) atoms. The number of carboxylic acids is 1. The Bertz CT molecular complexity index is 272. The van der Waals surface area contributed by atoms with E-state index in [4.69, 9.17) is 5.11 Å². The number of aliphatic carboxylic acids is 1. The topological polar surface area (TPSA) is 57.5 Å². The summed E-state index contributed by atoms with van der Waals surface area (Å²) in [5, 5.41) is 19.5. The lowest BCUT2D eigenvalue weighted by atomic mass is 9.50. The van der Waals surface area contributed by atoms with Crippen LogP contribution in [-0.4, -0.2) is 21.8 Å². The van der Waals surface area contributed by atoms with Crippen molar-refractivity contribution in [1.82, 2.24) is 0 Å². The second-order valence-electron chi connectivity index (χ2n) is 5.53. The first-order valence-corrected chi connectivity index (χ1v) is 5.54. The fraction of sp³-hybridized carbons (Fsp3) is 0.909. The van der Waals surface area contributed by atoms with Crippen LogP contribution in [0.15, 0.2) is 0 Å². The van der Waals surface area contributed by atoms with E-state index in [1.54, 1.807) is 0 Å². The van der Waals surface area contributed by atoms with E-state index >= 15 is 0 Å². The van der Waals surface area contributed by atoms with Crippen LogP contribution in [0.4, 0.5) is 0 Å². The molecule has 0 aromatic rings. The summed E-state index contributed by atoms with van der Waals surface area (Å²) in [5.41, 5.74) is -0.861. The van der Waals surface area contributed by atoms with Gasteiger partial charge >= 0.3 is 5.97 Å². The summed E-state index contributed by atoms with van der Waals surface area (Å²) in [6.45, 7) is 0. The van der Waals surface area contributed by atoms with Gasteiger partial charge in [-0.15, -0.1) is 0 Å². The molecule has 4 aliphatic carbocycles. The van der Waals surface area contributed by atoms with Gasteiger partial charge in [0.05, 0.1) is 11.5 Å². The maximum absolute atomic E-state index is 11.1. The number of hydrogen-bond donors (Lipinski definition) is 2. The second-order valence-corrected chi connectivity index (χ2v) is 5.53. The van der Waals surface area contributed by atoms with Gasteiger partial charge in [-0.1, -0.05) is 0 Å². The molecule has 2 N–H and O–H groups in total. The molecule has 0 heterocycles. The number of aliphatic hydroxyl groups is 1. The summed E-state index contributed by atoms with van der Waals surface area (Å²) < 4.78 is 0. The largest absolute Gasteiger partial charge is 0.481 e. The zero-order chi connectivity index (χ0) is 9.92. The second kappa shape index (κ2) is 2.51. The molecule has 0 amide bonds. The van der Waals surface area contributed by atoms with Gasteiger partial charge in [0.2, 0.25) is 0 Å². The van der Waals surface area contributed by atoms with Gasteiger partial charge in [0.25, 0.3) is 0 Å². The summed E-state index contributed by atoms with van der Waals surface area (Å²) in [6.07, 6.45) is 4.77. The van der Waals surface area contributed by atoms with E-state index in [0.29, 0.717) is 11.8 Å². The number of carbonyl (C=O) groups is 1. The average molecular weight is 196 g/mol. The monoisotopic (exact) mass is 196 g/mol. The van der Waals surface area contributed by atoms with Crippen LogP contribution in [-0.2, 0) is 4.79 Å². The molecule has 3 unspecified atom stereocenters. The van der Waals surface area contributed by atoms with E-state index in [1.165, 1.54) is 6.42 Å². The van der Waals surface area contributed by atoms with Gasteiger partial charge in [0.15, 0.2) is 0 Å². The molecule has 0 saturated heterocycles. The van der Waals surface area contributed by atoms with Crippen molar-refractivity contribution in [1.29, 1.82) is 0 Å². The molecule has 4 saturated carbocycles. The summed E-state index contributed by atoms with van der Waals surface area (Å²) in [4.78, 5) is 11.1. The van der Waals surface area contributed by atoms with Gasteiger partial charge < -0.3 is 10.2 Å². The predicted molar refractivity (Wildman–Crippen MR) is 49.6 cm³/mol. The Balaban J connectivity index is 1.97. The van der Waals surface area contributed by atoms with Crippen LogP contribution in [0.2, 0.25) is 0 Å². The Kier molecular flexibility index (Phi) is 1.56. The SMILES string of the molecule is O=C(O)C1C2CC3CC(C2)CC1(O)C3. The van der Waals surface area contributed by atoms with Crippen LogP contribution in [0, 0.1) is 23.7 Å². The van der Waals surface area contributed by atoms with Crippen molar-refractivity contribution in [2.24, 2.45) is 23.7 Å². The van der Waals surface area contributed by atoms with Gasteiger partial charge in [-0.2, -0.15) is 0 Å². The smallest absolute Gasteiger partial charge is 0.309 e. The lowest BCUT2D eigenvalue weighted by Gasteiger charge is -2.57. The van der Waals surface area contributed by atoms with E-state index in [-0.39, 0.29) is 5.92 Å². The van der Waals surface area contributed by atoms with E-state index in [0.717, 1.165) is 25.7 Å². The van der Waals surface area contributed by atoms with Crippen LogP contribution in [0.5, 0.6) is 0 Å². The predicted octanol–water partition coefficient (Wildman–Crippen LogP) is 1.26. The highest BCUT2D eigenvalue weighted by Crippen LogP contribution is 2.58. The summed E-state index contributed by atoms with van der Waals surface area (Å²) in [7, 11) is 0. The number of carboxylic acid groups (broad SMARTS) is 1. The lowest BCUT2D eigenvalue weighted by molar-refractivity contribution is -0.193. The third kappa shape index (κ3) is 0.991. The maximum Gasteiger partial charge on any atom is 0.309 e. The molecular formula is C11H16O3. The van der Waals surface area contributed by atoms with Crippen LogP contribution in [0.1, 0.15) is 32.1 Å². The summed E-state index contributed by atoms with van der Waals surface area (Å²) in [5.74, 6) is 0.205. The zero-order valence-electron chi connectivity index (χ0n) is 8.15. The highest BCUT2D eigenvalue weighted by atomic mass is 16.4. The quantitative estimate of drug-likeness (QED) is 0.663. The zero-order valence-corrected chi connectivity index (χ0v) is 8.15. The third-order valence-electron chi connectivity index (χ3n) is 4.54. The van der Waals surface area contributed by atoms with Crippen LogP contribution >= 0.6 is 0 Å². The normalized spacial score (nSPS) is 54.9. The molecular weight excluding hydrogens is 180 g/mol. The Morgan fingerprint density at radius 1 is 1.14 bits per heavy atom. The molecule has 4 aliphatic rings. The molecule has 3 nitrogen and oxygen atoms in total. The van der Waals surface area contributed by atoms with Crippen molar-refractivity contribution in [3.8, 4) is 0 Å². The van der Waals surface area contributed by atoms with Crippen LogP contribution < -0.4 is 0 Å². The molecule has 78 valence electrons. The highest BCUT2D eigenvalue weighted by Gasteiger charge is 2.58. The number of hydrogen-bond acceptors (Lipinski definition) is 2. The van der Waals surface area contributed by atoms with Crippen molar-refractivity contribution < 1.29 is 15.0 Å². The van der Waals surface area contributed by atoms with E-state index in [2.05, 4.69) is 0 Å². The average Bonchev–Trinajstić information content (AvgIpc) is 1.97. The molecule has 4 rings (SSSR count). The van der Waals surface area contributed by atoms with Gasteiger partial charge in [0, 0.05) is 0 Å². The molecule has 4 bridgehead atoms. The van der Waals surface area contributed by atoms with Gasteiger partial charge in [0.1, 0.15) is 0 Å². The van der Waals surface area contributed by atoms with E-state index in [1.807, 2.05) is 0 Å². The Morgan fingerprint density at radius 2 is 1.71 bits per heavy atom. The minimum absolute atomic E-state index is 0.253. The molecule has 0 aliphatic heterocycles. The van der Waals surface area contributed by atoms with Crippen molar-refractivity contribution in [3.63, 3.8) is 0 Å². The minimum Gasteiger partial charge on any atom is -0.481 e. The van der Waals surface area contributed by atoms with Crippen LogP contribution in [0.25, 0.3) is 0 Å². The summed E-state index contributed by atoms with van der Waals surface area (Å²) in [6, 6.07) is 0. The molecule has 4 fully saturated rings. The fourth-order valence-corrected chi connectivity index (χ4v) is 4.43. The van der Waals surface area contributed by atoms with Crippen LogP contribution in [0.3, 0.4) is 0 Å². The van der Waals surface area contributed by atoms with Gasteiger partial charge in [-0.25, -0.2) is 0 Å².